The molecule has 0 saturated carbocycles. The number of carbonyl (C=O) groups is 1. The molecule has 0 aliphatic heterocycles. The van der Waals surface area contributed by atoms with Gasteiger partial charge in [-0.05, 0) is 24.3 Å². The van der Waals surface area contributed by atoms with Crippen LogP contribution in [-0.2, 0) is 0 Å². The molecule has 2 rings (SSSR count). The van der Waals surface area contributed by atoms with E-state index in [1.165, 1.54) is 17.5 Å². The Labute approximate surface area is 95.4 Å². The standard InChI is InChI=1S/C11H6N2O2S/c12-6-7-3-4-9(16-7)8-2-1-5-13-10(8)11(14)15/h1-5H,(H,14,15). The summed E-state index contributed by atoms with van der Waals surface area (Å²) in [5, 5.41) is 17.7. The molecular formula is C11H6N2O2S. The molecular weight excluding hydrogens is 224 g/mol. The Morgan fingerprint density at radius 2 is 2.25 bits per heavy atom. The highest BCUT2D eigenvalue weighted by atomic mass is 32.1. The van der Waals surface area contributed by atoms with E-state index in [9.17, 15) is 4.79 Å². The van der Waals surface area contributed by atoms with Crippen LogP contribution < -0.4 is 0 Å². The maximum atomic E-state index is 10.9. The van der Waals surface area contributed by atoms with Crippen molar-refractivity contribution < 1.29 is 9.90 Å². The van der Waals surface area contributed by atoms with Crippen LogP contribution in [0.5, 0.6) is 0 Å². The minimum absolute atomic E-state index is 0.00818. The highest BCUT2D eigenvalue weighted by molar-refractivity contribution is 7.16. The SMILES string of the molecule is N#Cc1ccc(-c2cccnc2C(=O)O)s1. The monoisotopic (exact) mass is 230 g/mol. The van der Waals surface area contributed by atoms with Crippen molar-refractivity contribution >= 4 is 17.3 Å². The molecule has 0 unspecified atom stereocenters. The summed E-state index contributed by atoms with van der Waals surface area (Å²) in [6, 6.07) is 8.77. The molecule has 0 saturated heterocycles. The number of nitrogens with zero attached hydrogens (tertiary/aromatic N) is 2. The molecule has 4 nitrogen and oxygen atoms in total. The van der Waals surface area contributed by atoms with Crippen molar-refractivity contribution in [2.24, 2.45) is 0 Å². The van der Waals surface area contributed by atoms with E-state index in [1.807, 2.05) is 6.07 Å². The van der Waals surface area contributed by atoms with Gasteiger partial charge in [-0.15, -0.1) is 11.3 Å². The van der Waals surface area contributed by atoms with Gasteiger partial charge in [0.15, 0.2) is 5.69 Å². The highest BCUT2D eigenvalue weighted by Crippen LogP contribution is 2.29. The van der Waals surface area contributed by atoms with Crippen LogP contribution >= 0.6 is 11.3 Å². The Morgan fingerprint density at radius 1 is 1.44 bits per heavy atom. The fraction of sp³-hybridized carbons (Fsp3) is 0. The van der Waals surface area contributed by atoms with Gasteiger partial charge in [-0.25, -0.2) is 9.78 Å². The third kappa shape index (κ3) is 1.78. The summed E-state index contributed by atoms with van der Waals surface area (Å²) in [6.07, 6.45) is 1.44. The first-order valence-corrected chi connectivity index (χ1v) is 5.22. The van der Waals surface area contributed by atoms with E-state index in [4.69, 9.17) is 10.4 Å². The van der Waals surface area contributed by atoms with Crippen LogP contribution in [0.15, 0.2) is 30.5 Å². The second-order valence-corrected chi connectivity index (χ2v) is 4.06. The van der Waals surface area contributed by atoms with Crippen molar-refractivity contribution in [1.82, 2.24) is 4.98 Å². The highest BCUT2D eigenvalue weighted by Gasteiger charge is 2.13. The topological polar surface area (TPSA) is 74.0 Å². The number of carboxylic acid groups (broad SMARTS) is 1. The van der Waals surface area contributed by atoms with Crippen molar-refractivity contribution in [3.63, 3.8) is 0 Å². The number of nitriles is 1. The lowest BCUT2D eigenvalue weighted by molar-refractivity contribution is 0.0691. The summed E-state index contributed by atoms with van der Waals surface area (Å²) in [4.78, 5) is 16.1. The van der Waals surface area contributed by atoms with Gasteiger partial charge in [0.1, 0.15) is 10.9 Å². The predicted molar refractivity (Wildman–Crippen MR) is 59.2 cm³/mol. The third-order valence-electron chi connectivity index (χ3n) is 1.99. The lowest BCUT2D eigenvalue weighted by atomic mass is 10.1. The first kappa shape index (κ1) is 10.3. The number of carboxylic acids is 1. The molecule has 0 amide bonds. The number of thiophene rings is 1. The largest absolute Gasteiger partial charge is 0.476 e. The van der Waals surface area contributed by atoms with Crippen LogP contribution in [0.1, 0.15) is 15.4 Å². The fourth-order valence-corrected chi connectivity index (χ4v) is 2.15. The van der Waals surface area contributed by atoms with Gasteiger partial charge < -0.3 is 5.11 Å². The van der Waals surface area contributed by atoms with Gasteiger partial charge in [-0.2, -0.15) is 5.26 Å². The van der Waals surface area contributed by atoms with Crippen molar-refractivity contribution in [2.45, 2.75) is 0 Å². The number of hydrogen-bond donors (Lipinski definition) is 1. The van der Waals surface area contributed by atoms with E-state index >= 15 is 0 Å². The maximum Gasteiger partial charge on any atom is 0.355 e. The molecule has 0 fully saturated rings. The molecule has 78 valence electrons. The Kier molecular flexibility index (Phi) is 2.66. The molecule has 0 aromatic carbocycles. The third-order valence-corrected chi connectivity index (χ3v) is 3.02. The van der Waals surface area contributed by atoms with Gasteiger partial charge in [0.2, 0.25) is 0 Å². The zero-order valence-corrected chi connectivity index (χ0v) is 8.86. The summed E-state index contributed by atoms with van der Waals surface area (Å²) >= 11 is 1.25. The quantitative estimate of drug-likeness (QED) is 0.859. The first-order valence-electron chi connectivity index (χ1n) is 4.41. The van der Waals surface area contributed by atoms with Crippen molar-refractivity contribution in [3.8, 4) is 16.5 Å². The number of pyridine rings is 1. The van der Waals surface area contributed by atoms with Gasteiger partial charge in [0.05, 0.1) is 0 Å². The smallest absolute Gasteiger partial charge is 0.355 e. The molecule has 0 bridgehead atoms. The molecule has 5 heteroatoms. The first-order chi connectivity index (χ1) is 7.72. The molecule has 2 aromatic rings. The molecule has 0 aliphatic carbocycles. The van der Waals surface area contributed by atoms with Crippen LogP contribution in [0.3, 0.4) is 0 Å². The van der Waals surface area contributed by atoms with Crippen molar-refractivity contribution in [3.05, 3.63) is 41.0 Å². The van der Waals surface area contributed by atoms with Gasteiger partial charge in [-0.3, -0.25) is 0 Å². The zero-order valence-electron chi connectivity index (χ0n) is 8.04. The maximum absolute atomic E-state index is 10.9. The van der Waals surface area contributed by atoms with Gasteiger partial charge in [0, 0.05) is 16.6 Å². The van der Waals surface area contributed by atoms with Crippen LogP contribution in [0, 0.1) is 11.3 Å². The van der Waals surface area contributed by atoms with Gasteiger partial charge >= 0.3 is 5.97 Å². The second-order valence-electron chi connectivity index (χ2n) is 2.98. The lowest BCUT2D eigenvalue weighted by Crippen LogP contribution is -2.01. The molecule has 1 N–H and O–H groups in total. The zero-order chi connectivity index (χ0) is 11.5. The van der Waals surface area contributed by atoms with E-state index in [-0.39, 0.29) is 5.69 Å². The Balaban J connectivity index is 2.56. The number of aromatic nitrogens is 1. The van der Waals surface area contributed by atoms with Crippen LogP contribution in [0.25, 0.3) is 10.4 Å². The molecule has 2 aromatic heterocycles. The van der Waals surface area contributed by atoms with Gasteiger partial charge in [0.25, 0.3) is 0 Å². The fourth-order valence-electron chi connectivity index (χ4n) is 1.32. The van der Waals surface area contributed by atoms with Crippen molar-refractivity contribution in [1.29, 1.82) is 5.26 Å². The van der Waals surface area contributed by atoms with Crippen LogP contribution in [-0.4, -0.2) is 16.1 Å². The van der Waals surface area contributed by atoms with Crippen molar-refractivity contribution in [2.75, 3.05) is 0 Å². The number of hydrogen-bond acceptors (Lipinski definition) is 4. The Morgan fingerprint density at radius 3 is 2.88 bits per heavy atom. The minimum atomic E-state index is -1.07. The second kappa shape index (κ2) is 4.13. The summed E-state index contributed by atoms with van der Waals surface area (Å²) in [6.45, 7) is 0. The van der Waals surface area contributed by atoms with Gasteiger partial charge in [-0.1, -0.05) is 0 Å². The molecule has 2 heterocycles. The van der Waals surface area contributed by atoms with Crippen LogP contribution in [0.2, 0.25) is 0 Å². The van der Waals surface area contributed by atoms with E-state index in [0.717, 1.165) is 4.88 Å². The lowest BCUT2D eigenvalue weighted by Gasteiger charge is -2.00. The average molecular weight is 230 g/mol. The summed E-state index contributed by atoms with van der Waals surface area (Å²) in [7, 11) is 0. The van der Waals surface area contributed by atoms with E-state index < -0.39 is 5.97 Å². The Hall–Kier alpha value is -2.19. The molecule has 0 spiro atoms. The molecule has 0 radical (unpaired) electrons. The Bertz CT molecular complexity index is 584. The van der Waals surface area contributed by atoms with E-state index in [2.05, 4.69) is 4.98 Å². The molecule has 0 aliphatic rings. The normalized spacial score (nSPS) is 9.69. The molecule has 16 heavy (non-hydrogen) atoms. The number of aromatic carboxylic acids is 1. The van der Waals surface area contributed by atoms with E-state index in [1.54, 1.807) is 24.3 Å². The number of rotatable bonds is 2. The predicted octanol–water partition coefficient (Wildman–Crippen LogP) is 2.38. The minimum Gasteiger partial charge on any atom is -0.476 e. The summed E-state index contributed by atoms with van der Waals surface area (Å²) < 4.78 is 0. The average Bonchev–Trinajstić information content (AvgIpc) is 2.77. The summed E-state index contributed by atoms with van der Waals surface area (Å²) in [5.74, 6) is -1.07. The summed E-state index contributed by atoms with van der Waals surface area (Å²) in [5.41, 5.74) is 0.551. The molecule has 0 atom stereocenters. The van der Waals surface area contributed by atoms with E-state index in [0.29, 0.717) is 10.4 Å². The van der Waals surface area contributed by atoms with Crippen LogP contribution in [0.4, 0.5) is 0 Å².